The Bertz CT molecular complexity index is 468. The molecule has 1 amide bonds. The van der Waals surface area contributed by atoms with Gasteiger partial charge in [-0.15, -0.1) is 0 Å². The second-order valence-electron chi connectivity index (χ2n) is 4.68. The first-order valence-corrected chi connectivity index (χ1v) is 6.80. The predicted molar refractivity (Wildman–Crippen MR) is 79.2 cm³/mol. The van der Waals surface area contributed by atoms with Crippen LogP contribution < -0.4 is 0 Å². The molecule has 0 radical (unpaired) electrons. The number of carboxylic acid groups (broad SMARTS) is 1. The van der Waals surface area contributed by atoms with Crippen LogP contribution in [0.4, 0.5) is 0 Å². The van der Waals surface area contributed by atoms with Crippen molar-refractivity contribution in [1.29, 1.82) is 0 Å². The molecule has 1 N–H and O–H groups in total. The lowest BCUT2D eigenvalue weighted by atomic mass is 10.1. The van der Waals surface area contributed by atoms with Crippen LogP contribution in [0.5, 0.6) is 0 Å². The zero-order chi connectivity index (χ0) is 15.0. The molecule has 0 bridgehead atoms. The summed E-state index contributed by atoms with van der Waals surface area (Å²) in [6.45, 7) is 4.14. The number of aliphatic carboxylic acids is 1. The van der Waals surface area contributed by atoms with E-state index in [-0.39, 0.29) is 24.9 Å². The molecule has 1 aromatic rings. The molecule has 0 aliphatic rings. The summed E-state index contributed by atoms with van der Waals surface area (Å²) in [6, 6.07) is 9.57. The lowest BCUT2D eigenvalue weighted by Gasteiger charge is -2.26. The van der Waals surface area contributed by atoms with Crippen LogP contribution in [-0.4, -0.2) is 34.5 Å². The van der Waals surface area contributed by atoms with Gasteiger partial charge in [0.25, 0.3) is 0 Å². The van der Waals surface area contributed by atoms with E-state index < -0.39 is 5.97 Å². The highest BCUT2D eigenvalue weighted by atomic mass is 16.4. The maximum Gasteiger partial charge on any atom is 0.305 e. The SMILES string of the molecule is CCC(C)N(CCC(=O)O)C(=O)/C=C/c1ccccc1. The number of hydrogen-bond donors (Lipinski definition) is 1. The van der Waals surface area contributed by atoms with Crippen molar-refractivity contribution in [1.82, 2.24) is 4.90 Å². The molecule has 0 fully saturated rings. The number of carbonyl (C=O) groups is 2. The normalized spacial score (nSPS) is 12.3. The van der Waals surface area contributed by atoms with Crippen LogP contribution in [0.15, 0.2) is 36.4 Å². The van der Waals surface area contributed by atoms with Gasteiger partial charge in [-0.25, -0.2) is 0 Å². The van der Waals surface area contributed by atoms with E-state index in [0.29, 0.717) is 0 Å². The Morgan fingerprint density at radius 3 is 2.50 bits per heavy atom. The van der Waals surface area contributed by atoms with Crippen LogP contribution in [0.3, 0.4) is 0 Å². The maximum absolute atomic E-state index is 12.2. The van der Waals surface area contributed by atoms with Gasteiger partial charge in [-0.05, 0) is 25.0 Å². The largest absolute Gasteiger partial charge is 0.481 e. The van der Waals surface area contributed by atoms with E-state index in [0.717, 1.165) is 12.0 Å². The predicted octanol–water partition coefficient (Wildman–Crippen LogP) is 2.80. The van der Waals surface area contributed by atoms with Crippen molar-refractivity contribution in [3.63, 3.8) is 0 Å². The van der Waals surface area contributed by atoms with Gasteiger partial charge < -0.3 is 10.0 Å². The number of hydrogen-bond acceptors (Lipinski definition) is 2. The molecule has 0 heterocycles. The molecule has 108 valence electrons. The molecule has 4 heteroatoms. The van der Waals surface area contributed by atoms with Gasteiger partial charge in [-0.3, -0.25) is 9.59 Å². The summed E-state index contributed by atoms with van der Waals surface area (Å²) < 4.78 is 0. The van der Waals surface area contributed by atoms with Crippen LogP contribution >= 0.6 is 0 Å². The Morgan fingerprint density at radius 1 is 1.30 bits per heavy atom. The van der Waals surface area contributed by atoms with Gasteiger partial charge in [0.1, 0.15) is 0 Å². The third kappa shape index (κ3) is 5.26. The number of benzene rings is 1. The number of amides is 1. The van der Waals surface area contributed by atoms with E-state index in [4.69, 9.17) is 5.11 Å². The van der Waals surface area contributed by atoms with Gasteiger partial charge in [-0.1, -0.05) is 37.3 Å². The van der Waals surface area contributed by atoms with Crippen molar-refractivity contribution < 1.29 is 14.7 Å². The minimum atomic E-state index is -0.891. The van der Waals surface area contributed by atoms with Gasteiger partial charge in [0.05, 0.1) is 6.42 Å². The summed E-state index contributed by atoms with van der Waals surface area (Å²) >= 11 is 0. The smallest absolute Gasteiger partial charge is 0.305 e. The van der Waals surface area contributed by atoms with Crippen LogP contribution in [0.2, 0.25) is 0 Å². The summed E-state index contributed by atoms with van der Waals surface area (Å²) in [6.07, 6.45) is 4.02. The maximum atomic E-state index is 12.2. The second-order valence-corrected chi connectivity index (χ2v) is 4.68. The molecule has 0 saturated carbocycles. The highest BCUT2D eigenvalue weighted by Crippen LogP contribution is 2.08. The molecule has 1 aromatic carbocycles. The summed E-state index contributed by atoms with van der Waals surface area (Å²) in [5.41, 5.74) is 0.947. The van der Waals surface area contributed by atoms with E-state index in [2.05, 4.69) is 0 Å². The Labute approximate surface area is 119 Å². The first kappa shape index (κ1) is 16.0. The van der Waals surface area contributed by atoms with Crippen molar-refractivity contribution in [2.75, 3.05) is 6.54 Å². The molecule has 1 rings (SSSR count). The minimum Gasteiger partial charge on any atom is -0.481 e. The Balaban J connectivity index is 2.72. The Hall–Kier alpha value is -2.10. The van der Waals surface area contributed by atoms with Gasteiger partial charge >= 0.3 is 5.97 Å². The Kier molecular flexibility index (Phi) is 6.50. The molecule has 0 spiro atoms. The van der Waals surface area contributed by atoms with Crippen LogP contribution in [0, 0.1) is 0 Å². The van der Waals surface area contributed by atoms with Crippen molar-refractivity contribution in [2.45, 2.75) is 32.7 Å². The lowest BCUT2D eigenvalue weighted by Crippen LogP contribution is -2.38. The zero-order valence-electron chi connectivity index (χ0n) is 12.0. The quantitative estimate of drug-likeness (QED) is 0.778. The van der Waals surface area contributed by atoms with Crippen LogP contribution in [-0.2, 0) is 9.59 Å². The number of nitrogens with zero attached hydrogens (tertiary/aromatic N) is 1. The first-order valence-electron chi connectivity index (χ1n) is 6.80. The molecule has 4 nitrogen and oxygen atoms in total. The highest BCUT2D eigenvalue weighted by molar-refractivity contribution is 5.92. The van der Waals surface area contributed by atoms with E-state index in [1.165, 1.54) is 6.08 Å². The van der Waals surface area contributed by atoms with Gasteiger partial charge in [-0.2, -0.15) is 0 Å². The van der Waals surface area contributed by atoms with Crippen molar-refractivity contribution in [2.24, 2.45) is 0 Å². The summed E-state index contributed by atoms with van der Waals surface area (Å²) in [4.78, 5) is 24.4. The Morgan fingerprint density at radius 2 is 1.95 bits per heavy atom. The average Bonchev–Trinajstić information content (AvgIpc) is 2.45. The van der Waals surface area contributed by atoms with Crippen molar-refractivity contribution in [3.05, 3.63) is 42.0 Å². The molecule has 1 atom stereocenters. The minimum absolute atomic E-state index is 0.0299. The lowest BCUT2D eigenvalue weighted by molar-refractivity contribution is -0.138. The molecular weight excluding hydrogens is 254 g/mol. The third-order valence-electron chi connectivity index (χ3n) is 3.19. The van der Waals surface area contributed by atoms with Crippen molar-refractivity contribution >= 4 is 18.0 Å². The fourth-order valence-corrected chi connectivity index (χ4v) is 1.81. The third-order valence-corrected chi connectivity index (χ3v) is 3.19. The van der Waals surface area contributed by atoms with E-state index in [1.54, 1.807) is 11.0 Å². The fourth-order valence-electron chi connectivity index (χ4n) is 1.81. The second kappa shape index (κ2) is 8.15. The molecule has 0 aromatic heterocycles. The summed E-state index contributed by atoms with van der Waals surface area (Å²) in [5, 5.41) is 8.75. The molecule has 1 unspecified atom stereocenters. The van der Waals surface area contributed by atoms with Gasteiger partial charge in [0, 0.05) is 18.7 Å². The standard InChI is InChI=1S/C16H21NO3/c1-3-13(2)17(12-11-16(19)20)15(18)10-9-14-7-5-4-6-8-14/h4-10,13H,3,11-12H2,1-2H3,(H,19,20)/b10-9+. The van der Waals surface area contributed by atoms with E-state index >= 15 is 0 Å². The topological polar surface area (TPSA) is 57.6 Å². The number of carboxylic acids is 1. The molecule has 0 saturated heterocycles. The number of rotatable bonds is 7. The first-order chi connectivity index (χ1) is 9.54. The monoisotopic (exact) mass is 275 g/mol. The van der Waals surface area contributed by atoms with Crippen molar-refractivity contribution in [3.8, 4) is 0 Å². The van der Waals surface area contributed by atoms with Crippen LogP contribution in [0.1, 0.15) is 32.3 Å². The molecule has 0 aliphatic heterocycles. The summed E-state index contributed by atoms with van der Waals surface area (Å²) in [7, 11) is 0. The zero-order valence-corrected chi connectivity index (χ0v) is 12.0. The molecule has 0 aliphatic carbocycles. The fraction of sp³-hybridized carbons (Fsp3) is 0.375. The van der Waals surface area contributed by atoms with Crippen LogP contribution in [0.25, 0.3) is 6.08 Å². The average molecular weight is 275 g/mol. The van der Waals surface area contributed by atoms with Gasteiger partial charge in [0.15, 0.2) is 0 Å². The molecule has 20 heavy (non-hydrogen) atoms. The van der Waals surface area contributed by atoms with Gasteiger partial charge in [0.2, 0.25) is 5.91 Å². The number of carbonyl (C=O) groups excluding carboxylic acids is 1. The van der Waals surface area contributed by atoms with E-state index in [9.17, 15) is 9.59 Å². The highest BCUT2D eigenvalue weighted by Gasteiger charge is 2.17. The molecular formula is C16H21NO3. The summed E-state index contributed by atoms with van der Waals surface area (Å²) in [5.74, 6) is -1.04. The van der Waals surface area contributed by atoms with E-state index in [1.807, 2.05) is 44.2 Å².